The Morgan fingerprint density at radius 2 is 2.38 bits per heavy atom. The third kappa shape index (κ3) is 2.57. The van der Waals surface area contributed by atoms with E-state index in [1.165, 1.54) is 10.8 Å². The highest BCUT2D eigenvalue weighted by atomic mass is 35.5. The third-order valence-corrected chi connectivity index (χ3v) is 2.47. The lowest BCUT2D eigenvalue weighted by Gasteiger charge is -2.03. The summed E-state index contributed by atoms with van der Waals surface area (Å²) in [4.78, 5) is 3.72. The number of sulfone groups is 1. The van der Waals surface area contributed by atoms with Crippen molar-refractivity contribution in [1.29, 1.82) is 0 Å². The molecule has 0 saturated heterocycles. The maximum Gasteiger partial charge on any atom is 0.227 e. The third-order valence-electron chi connectivity index (χ3n) is 1.35. The van der Waals surface area contributed by atoms with Crippen molar-refractivity contribution in [3.8, 4) is 0 Å². The predicted octanol–water partition coefficient (Wildman–Crippen LogP) is 1.04. The molecule has 0 aliphatic rings. The minimum Gasteiger partial charge on any atom is -0.317 e. The Kier molecular flexibility index (Phi) is 2.77. The highest BCUT2D eigenvalue weighted by Crippen LogP contribution is 2.09. The lowest BCUT2D eigenvalue weighted by molar-refractivity contribution is 0.579. The summed E-state index contributed by atoms with van der Waals surface area (Å²) in [7, 11) is -3.28. The molecular formula is C7H9ClN2O2S. The van der Waals surface area contributed by atoms with Crippen molar-refractivity contribution in [3.05, 3.63) is 24.0 Å². The van der Waals surface area contributed by atoms with Crippen LogP contribution in [0.3, 0.4) is 0 Å². The van der Waals surface area contributed by atoms with Gasteiger partial charge in [0.25, 0.3) is 0 Å². The summed E-state index contributed by atoms with van der Waals surface area (Å²) in [6.45, 7) is 3.73. The zero-order valence-electron chi connectivity index (χ0n) is 7.07. The Hall–Kier alpha value is -0.810. The second kappa shape index (κ2) is 3.51. The van der Waals surface area contributed by atoms with E-state index in [0.29, 0.717) is 5.03 Å². The number of imidazole rings is 1. The lowest BCUT2D eigenvalue weighted by atomic mass is 10.6. The van der Waals surface area contributed by atoms with E-state index in [0.717, 1.165) is 6.26 Å². The molecule has 13 heavy (non-hydrogen) atoms. The topological polar surface area (TPSA) is 52.0 Å². The van der Waals surface area contributed by atoms with Crippen molar-refractivity contribution in [2.45, 2.75) is 11.7 Å². The number of nitrogens with zero attached hydrogens (tertiary/aromatic N) is 2. The second-order valence-corrected chi connectivity index (χ2v) is 5.07. The highest BCUT2D eigenvalue weighted by Gasteiger charge is 2.14. The minimum atomic E-state index is -3.28. The van der Waals surface area contributed by atoms with E-state index >= 15 is 0 Å². The van der Waals surface area contributed by atoms with Gasteiger partial charge in [-0.15, -0.1) is 0 Å². The summed E-state index contributed by atoms with van der Waals surface area (Å²) in [5, 5.41) is 0.372. The van der Waals surface area contributed by atoms with Crippen LogP contribution in [0.5, 0.6) is 0 Å². The first kappa shape index (κ1) is 10.3. The molecular weight excluding hydrogens is 212 g/mol. The van der Waals surface area contributed by atoms with Gasteiger partial charge in [0.15, 0.2) is 0 Å². The fourth-order valence-corrected chi connectivity index (χ4v) is 1.86. The molecule has 0 bridgehead atoms. The predicted molar refractivity (Wildman–Crippen MR) is 50.3 cm³/mol. The smallest absolute Gasteiger partial charge is 0.227 e. The average Bonchev–Trinajstić information content (AvgIpc) is 2.31. The number of allylic oxidation sites excluding steroid dienone is 1. The van der Waals surface area contributed by atoms with Gasteiger partial charge < -0.3 is 4.57 Å². The molecule has 72 valence electrons. The summed E-state index contributed by atoms with van der Waals surface area (Å²) >= 11 is 5.55. The Morgan fingerprint density at radius 1 is 1.77 bits per heavy atom. The SMILES string of the molecule is C=C(Cl)Cn1ccnc1S(C)(=O)=O. The first-order valence-electron chi connectivity index (χ1n) is 3.45. The van der Waals surface area contributed by atoms with E-state index in [4.69, 9.17) is 11.6 Å². The number of rotatable bonds is 3. The second-order valence-electron chi connectivity index (χ2n) is 2.63. The molecule has 0 fully saturated rings. The summed E-state index contributed by atoms with van der Waals surface area (Å²) in [6, 6.07) is 0. The van der Waals surface area contributed by atoms with Crippen LogP contribution in [0.15, 0.2) is 29.2 Å². The van der Waals surface area contributed by atoms with E-state index in [9.17, 15) is 8.42 Å². The quantitative estimate of drug-likeness (QED) is 0.765. The zero-order valence-corrected chi connectivity index (χ0v) is 8.64. The van der Waals surface area contributed by atoms with Gasteiger partial charge in [0.05, 0.1) is 6.54 Å². The molecule has 0 aliphatic heterocycles. The highest BCUT2D eigenvalue weighted by molar-refractivity contribution is 7.90. The van der Waals surface area contributed by atoms with Gasteiger partial charge in [0.2, 0.25) is 15.0 Å². The van der Waals surface area contributed by atoms with Gasteiger partial charge in [-0.05, 0) is 0 Å². The molecule has 0 radical (unpaired) electrons. The van der Waals surface area contributed by atoms with Crippen LogP contribution in [-0.4, -0.2) is 24.2 Å². The molecule has 0 spiro atoms. The van der Waals surface area contributed by atoms with Crippen LogP contribution in [0.2, 0.25) is 0 Å². The Bertz CT molecular complexity index is 421. The van der Waals surface area contributed by atoms with Crippen LogP contribution >= 0.6 is 11.6 Å². The summed E-state index contributed by atoms with van der Waals surface area (Å²) in [5.74, 6) is 0. The number of hydrogen-bond donors (Lipinski definition) is 0. The van der Waals surface area contributed by atoms with Gasteiger partial charge in [-0.1, -0.05) is 18.2 Å². The molecule has 6 heteroatoms. The van der Waals surface area contributed by atoms with E-state index in [1.54, 1.807) is 6.20 Å². The van der Waals surface area contributed by atoms with Gasteiger partial charge in [0, 0.05) is 23.7 Å². The maximum absolute atomic E-state index is 11.1. The fraction of sp³-hybridized carbons (Fsp3) is 0.286. The molecule has 1 rings (SSSR count). The standard InChI is InChI=1S/C7H9ClN2O2S/c1-6(8)5-10-4-3-9-7(10)13(2,11)12/h3-4H,1,5H2,2H3. The maximum atomic E-state index is 11.1. The molecule has 0 N–H and O–H groups in total. The molecule has 0 amide bonds. The van der Waals surface area contributed by atoms with Crippen molar-refractivity contribution in [2.75, 3.05) is 6.26 Å². The molecule has 0 saturated carbocycles. The van der Waals surface area contributed by atoms with Crippen LogP contribution < -0.4 is 0 Å². The molecule has 0 aliphatic carbocycles. The average molecular weight is 221 g/mol. The van der Waals surface area contributed by atoms with Gasteiger partial charge in [-0.25, -0.2) is 13.4 Å². The van der Waals surface area contributed by atoms with Crippen molar-refractivity contribution >= 4 is 21.4 Å². The monoisotopic (exact) mass is 220 g/mol. The molecule has 0 unspecified atom stereocenters. The van der Waals surface area contributed by atoms with Crippen LogP contribution in [0, 0.1) is 0 Å². The van der Waals surface area contributed by atoms with Gasteiger partial charge >= 0.3 is 0 Å². The summed E-state index contributed by atoms with van der Waals surface area (Å²) in [5.41, 5.74) is 0. The first-order valence-corrected chi connectivity index (χ1v) is 5.72. The van der Waals surface area contributed by atoms with Crippen molar-refractivity contribution in [3.63, 3.8) is 0 Å². The molecule has 1 aromatic heterocycles. The minimum absolute atomic E-state index is 0.00861. The molecule has 1 heterocycles. The van der Waals surface area contributed by atoms with Crippen molar-refractivity contribution in [1.82, 2.24) is 9.55 Å². The van der Waals surface area contributed by atoms with Gasteiger partial charge in [-0.3, -0.25) is 0 Å². The number of hydrogen-bond acceptors (Lipinski definition) is 3. The van der Waals surface area contributed by atoms with Gasteiger partial charge in [-0.2, -0.15) is 0 Å². The normalized spacial score (nSPS) is 11.5. The zero-order chi connectivity index (χ0) is 10.1. The Balaban J connectivity index is 3.11. The fourth-order valence-electron chi connectivity index (χ4n) is 0.929. The number of halogens is 1. The summed E-state index contributed by atoms with van der Waals surface area (Å²) < 4.78 is 23.7. The molecule has 0 aromatic carbocycles. The van der Waals surface area contributed by atoms with E-state index < -0.39 is 9.84 Å². The van der Waals surface area contributed by atoms with Crippen molar-refractivity contribution in [2.24, 2.45) is 0 Å². The molecule has 0 atom stereocenters. The van der Waals surface area contributed by atoms with E-state index in [-0.39, 0.29) is 11.7 Å². The summed E-state index contributed by atoms with van der Waals surface area (Å²) in [6.07, 6.45) is 4.06. The largest absolute Gasteiger partial charge is 0.317 e. The van der Waals surface area contributed by atoms with Crippen molar-refractivity contribution < 1.29 is 8.42 Å². The lowest BCUT2D eigenvalue weighted by Crippen LogP contribution is -2.08. The van der Waals surface area contributed by atoms with Crippen LogP contribution in [0.25, 0.3) is 0 Å². The number of aromatic nitrogens is 2. The van der Waals surface area contributed by atoms with E-state index in [2.05, 4.69) is 11.6 Å². The van der Waals surface area contributed by atoms with E-state index in [1.807, 2.05) is 0 Å². The van der Waals surface area contributed by atoms with Crippen LogP contribution in [0.4, 0.5) is 0 Å². The van der Waals surface area contributed by atoms with Crippen LogP contribution in [0.1, 0.15) is 0 Å². The molecule has 4 nitrogen and oxygen atoms in total. The molecule has 1 aromatic rings. The van der Waals surface area contributed by atoms with Crippen LogP contribution in [-0.2, 0) is 16.4 Å². The Labute approximate surface area is 81.8 Å². The Morgan fingerprint density at radius 3 is 2.85 bits per heavy atom. The van der Waals surface area contributed by atoms with Gasteiger partial charge in [0.1, 0.15) is 0 Å². The first-order chi connectivity index (χ1) is 5.91.